The molecule has 5 heteroatoms. The molecule has 0 spiro atoms. The second-order valence-electron chi connectivity index (χ2n) is 3.21. The van der Waals surface area contributed by atoms with Gasteiger partial charge in [0, 0.05) is 12.1 Å². The molecular formula is C10H14N2O3. The first kappa shape index (κ1) is 11.5. The molecule has 0 aromatic heterocycles. The maximum Gasteiger partial charge on any atom is 0.311 e. The van der Waals surface area contributed by atoms with E-state index in [0.29, 0.717) is 6.61 Å². The molecule has 2 N–H and O–H groups in total. The average molecular weight is 210 g/mol. The summed E-state index contributed by atoms with van der Waals surface area (Å²) in [6, 6.07) is 4.55. The number of nitro groups is 1. The fraction of sp³-hybridized carbons (Fsp3) is 0.400. The second-order valence-corrected chi connectivity index (χ2v) is 3.21. The van der Waals surface area contributed by atoms with Gasteiger partial charge in [-0.1, -0.05) is 6.07 Å². The fourth-order valence-corrected chi connectivity index (χ4v) is 1.24. The smallest absolute Gasteiger partial charge is 0.311 e. The Kier molecular flexibility index (Phi) is 3.62. The Morgan fingerprint density at radius 3 is 2.73 bits per heavy atom. The van der Waals surface area contributed by atoms with E-state index in [4.69, 9.17) is 10.5 Å². The predicted octanol–water partition coefficient (Wildman–Crippen LogP) is 2.01. The molecule has 1 rings (SSSR count). The summed E-state index contributed by atoms with van der Waals surface area (Å²) in [7, 11) is 0. The van der Waals surface area contributed by atoms with Gasteiger partial charge in [0.15, 0.2) is 5.75 Å². The number of hydrogen-bond acceptors (Lipinski definition) is 4. The van der Waals surface area contributed by atoms with Crippen LogP contribution in [-0.4, -0.2) is 11.5 Å². The van der Waals surface area contributed by atoms with Crippen molar-refractivity contribution in [1.82, 2.24) is 0 Å². The molecule has 0 saturated heterocycles. The summed E-state index contributed by atoms with van der Waals surface area (Å²) in [5.41, 5.74) is 6.33. The van der Waals surface area contributed by atoms with Crippen LogP contribution in [0.5, 0.6) is 5.75 Å². The summed E-state index contributed by atoms with van der Waals surface area (Å²) in [6.07, 6.45) is 0. The minimum atomic E-state index is -0.461. The van der Waals surface area contributed by atoms with E-state index in [1.54, 1.807) is 26.0 Å². The van der Waals surface area contributed by atoms with E-state index in [-0.39, 0.29) is 17.5 Å². The van der Waals surface area contributed by atoms with Crippen LogP contribution in [0.2, 0.25) is 0 Å². The third-order valence-corrected chi connectivity index (χ3v) is 2.01. The van der Waals surface area contributed by atoms with Crippen LogP contribution < -0.4 is 10.5 Å². The predicted molar refractivity (Wildman–Crippen MR) is 56.9 cm³/mol. The average Bonchev–Trinajstić information content (AvgIpc) is 2.18. The second kappa shape index (κ2) is 4.75. The maximum atomic E-state index is 10.8. The molecule has 1 unspecified atom stereocenters. The SMILES string of the molecule is CCOc1ccc(C(C)N)cc1[N+](=O)[O-]. The van der Waals surface area contributed by atoms with Gasteiger partial charge in [0.05, 0.1) is 11.5 Å². The summed E-state index contributed by atoms with van der Waals surface area (Å²) in [4.78, 5) is 10.3. The number of rotatable bonds is 4. The molecule has 0 radical (unpaired) electrons. The first-order valence-electron chi connectivity index (χ1n) is 4.73. The van der Waals surface area contributed by atoms with Crippen LogP contribution in [0.15, 0.2) is 18.2 Å². The standard InChI is InChI=1S/C10H14N2O3/c1-3-15-10-5-4-8(7(2)11)6-9(10)12(13)14/h4-7H,3,11H2,1-2H3. The molecule has 5 nitrogen and oxygen atoms in total. The monoisotopic (exact) mass is 210 g/mol. The van der Waals surface area contributed by atoms with Crippen molar-refractivity contribution in [3.63, 3.8) is 0 Å². The summed E-state index contributed by atoms with van der Waals surface area (Å²) < 4.78 is 5.15. The number of nitrogens with two attached hydrogens (primary N) is 1. The lowest BCUT2D eigenvalue weighted by atomic mass is 10.1. The lowest BCUT2D eigenvalue weighted by Gasteiger charge is -2.08. The minimum absolute atomic E-state index is 0.0355. The molecular weight excluding hydrogens is 196 g/mol. The van der Waals surface area contributed by atoms with Gasteiger partial charge in [-0.15, -0.1) is 0 Å². The van der Waals surface area contributed by atoms with Crippen LogP contribution in [0, 0.1) is 10.1 Å². The first-order chi connectivity index (χ1) is 7.06. The number of benzene rings is 1. The van der Waals surface area contributed by atoms with E-state index in [9.17, 15) is 10.1 Å². The van der Waals surface area contributed by atoms with Gasteiger partial charge in [-0.25, -0.2) is 0 Å². The Hall–Kier alpha value is -1.62. The van der Waals surface area contributed by atoms with Crippen molar-refractivity contribution in [2.75, 3.05) is 6.61 Å². The molecule has 82 valence electrons. The summed E-state index contributed by atoms with van der Waals surface area (Å²) in [6.45, 7) is 3.96. The number of nitro benzene ring substituents is 1. The zero-order chi connectivity index (χ0) is 11.4. The molecule has 0 aliphatic carbocycles. The summed E-state index contributed by atoms with van der Waals surface area (Å²) in [5.74, 6) is 0.284. The summed E-state index contributed by atoms with van der Waals surface area (Å²) in [5, 5.41) is 10.8. The maximum absolute atomic E-state index is 10.8. The molecule has 1 atom stereocenters. The van der Waals surface area contributed by atoms with E-state index < -0.39 is 4.92 Å². The van der Waals surface area contributed by atoms with Gasteiger partial charge >= 0.3 is 5.69 Å². The topological polar surface area (TPSA) is 78.4 Å². The van der Waals surface area contributed by atoms with Crippen LogP contribution >= 0.6 is 0 Å². The van der Waals surface area contributed by atoms with Crippen molar-refractivity contribution < 1.29 is 9.66 Å². The molecule has 0 heterocycles. The third-order valence-electron chi connectivity index (χ3n) is 2.01. The lowest BCUT2D eigenvalue weighted by Crippen LogP contribution is -2.06. The van der Waals surface area contributed by atoms with Crippen LogP contribution in [0.3, 0.4) is 0 Å². The van der Waals surface area contributed by atoms with Crippen LogP contribution in [0.1, 0.15) is 25.5 Å². The highest BCUT2D eigenvalue weighted by atomic mass is 16.6. The normalized spacial score (nSPS) is 12.2. The zero-order valence-corrected chi connectivity index (χ0v) is 8.77. The summed E-state index contributed by atoms with van der Waals surface area (Å²) >= 11 is 0. The van der Waals surface area contributed by atoms with Crippen molar-refractivity contribution in [3.8, 4) is 5.75 Å². The van der Waals surface area contributed by atoms with E-state index in [2.05, 4.69) is 0 Å². The Morgan fingerprint density at radius 2 is 2.27 bits per heavy atom. The highest BCUT2D eigenvalue weighted by Gasteiger charge is 2.16. The fourth-order valence-electron chi connectivity index (χ4n) is 1.24. The van der Waals surface area contributed by atoms with Crippen LogP contribution in [0.25, 0.3) is 0 Å². The molecule has 0 bridgehead atoms. The Bertz CT molecular complexity index is 364. The van der Waals surface area contributed by atoms with E-state index >= 15 is 0 Å². The molecule has 0 fully saturated rings. The van der Waals surface area contributed by atoms with Gasteiger partial charge < -0.3 is 10.5 Å². The molecule has 0 saturated carbocycles. The van der Waals surface area contributed by atoms with Gasteiger partial charge in [-0.3, -0.25) is 10.1 Å². The van der Waals surface area contributed by atoms with Crippen molar-refractivity contribution >= 4 is 5.69 Å². The number of hydrogen-bond donors (Lipinski definition) is 1. The Morgan fingerprint density at radius 1 is 1.60 bits per heavy atom. The number of nitrogens with zero attached hydrogens (tertiary/aromatic N) is 1. The Balaban J connectivity index is 3.14. The van der Waals surface area contributed by atoms with Crippen molar-refractivity contribution in [1.29, 1.82) is 0 Å². The lowest BCUT2D eigenvalue weighted by molar-refractivity contribution is -0.385. The highest BCUT2D eigenvalue weighted by molar-refractivity contribution is 5.49. The minimum Gasteiger partial charge on any atom is -0.487 e. The van der Waals surface area contributed by atoms with E-state index in [0.717, 1.165) is 5.56 Å². The molecule has 0 aliphatic rings. The van der Waals surface area contributed by atoms with Gasteiger partial charge in [0.1, 0.15) is 0 Å². The van der Waals surface area contributed by atoms with Crippen molar-refractivity contribution in [2.45, 2.75) is 19.9 Å². The van der Waals surface area contributed by atoms with Gasteiger partial charge in [0.25, 0.3) is 0 Å². The quantitative estimate of drug-likeness (QED) is 0.609. The largest absolute Gasteiger partial charge is 0.487 e. The third kappa shape index (κ3) is 2.66. The van der Waals surface area contributed by atoms with Crippen molar-refractivity contribution in [3.05, 3.63) is 33.9 Å². The van der Waals surface area contributed by atoms with Gasteiger partial charge in [0.2, 0.25) is 0 Å². The zero-order valence-electron chi connectivity index (χ0n) is 8.77. The molecule has 0 aliphatic heterocycles. The molecule has 1 aromatic rings. The van der Waals surface area contributed by atoms with E-state index in [1.165, 1.54) is 6.07 Å². The molecule has 1 aromatic carbocycles. The van der Waals surface area contributed by atoms with Gasteiger partial charge in [-0.05, 0) is 25.5 Å². The van der Waals surface area contributed by atoms with Crippen LogP contribution in [0.4, 0.5) is 5.69 Å². The highest BCUT2D eigenvalue weighted by Crippen LogP contribution is 2.29. The van der Waals surface area contributed by atoms with Gasteiger partial charge in [-0.2, -0.15) is 0 Å². The van der Waals surface area contributed by atoms with Crippen molar-refractivity contribution in [2.24, 2.45) is 5.73 Å². The molecule has 0 amide bonds. The number of ether oxygens (including phenoxy) is 1. The molecule has 15 heavy (non-hydrogen) atoms. The van der Waals surface area contributed by atoms with Crippen LogP contribution in [-0.2, 0) is 0 Å². The van der Waals surface area contributed by atoms with E-state index in [1.807, 2.05) is 0 Å². The first-order valence-corrected chi connectivity index (χ1v) is 4.73. The Labute approximate surface area is 88.0 Å².